The Kier molecular flexibility index (Phi) is 6.06. The molecular formula is C19H20N2O5. The Morgan fingerprint density at radius 3 is 2.38 bits per heavy atom. The second-order valence-corrected chi connectivity index (χ2v) is 5.67. The van der Waals surface area contributed by atoms with Crippen LogP contribution in [0.15, 0.2) is 48.5 Å². The van der Waals surface area contributed by atoms with E-state index in [4.69, 9.17) is 4.74 Å². The lowest BCUT2D eigenvalue weighted by molar-refractivity contribution is -0.385. The van der Waals surface area contributed by atoms with E-state index in [0.717, 1.165) is 0 Å². The molecule has 0 spiro atoms. The maximum atomic E-state index is 12.6. The molecule has 2 rings (SSSR count). The van der Waals surface area contributed by atoms with Gasteiger partial charge in [0.15, 0.2) is 6.10 Å². The molecule has 0 aromatic heterocycles. The summed E-state index contributed by atoms with van der Waals surface area (Å²) in [6, 6.07) is 13.2. The van der Waals surface area contributed by atoms with Gasteiger partial charge in [-0.3, -0.25) is 14.9 Å². The number of esters is 1. The summed E-state index contributed by atoms with van der Waals surface area (Å²) in [7, 11) is 0. The van der Waals surface area contributed by atoms with Crippen LogP contribution in [0.3, 0.4) is 0 Å². The van der Waals surface area contributed by atoms with Crippen LogP contribution in [0.25, 0.3) is 0 Å². The Labute approximate surface area is 151 Å². The number of nitro groups is 1. The number of nitro benzene ring substituents is 1. The van der Waals surface area contributed by atoms with Crippen molar-refractivity contribution in [3.8, 4) is 0 Å². The summed E-state index contributed by atoms with van der Waals surface area (Å²) in [5.74, 6) is -1.13. The average molecular weight is 356 g/mol. The molecular weight excluding hydrogens is 336 g/mol. The third-order valence-corrected chi connectivity index (χ3v) is 4.00. The van der Waals surface area contributed by atoms with Crippen molar-refractivity contribution in [3.63, 3.8) is 0 Å². The van der Waals surface area contributed by atoms with Gasteiger partial charge in [-0.25, -0.2) is 4.79 Å². The van der Waals surface area contributed by atoms with Crippen molar-refractivity contribution in [2.24, 2.45) is 0 Å². The van der Waals surface area contributed by atoms with Crippen LogP contribution < -0.4 is 4.90 Å². The van der Waals surface area contributed by atoms with Crippen molar-refractivity contribution in [1.82, 2.24) is 0 Å². The third-order valence-electron chi connectivity index (χ3n) is 4.00. The van der Waals surface area contributed by atoms with E-state index in [1.54, 1.807) is 12.1 Å². The average Bonchev–Trinajstić information content (AvgIpc) is 2.62. The molecule has 0 aliphatic carbocycles. The monoisotopic (exact) mass is 356 g/mol. The number of benzene rings is 2. The number of likely N-dealkylation sites (N-methyl/N-ethyl adjacent to an activating group) is 1. The van der Waals surface area contributed by atoms with Crippen LogP contribution in [0.1, 0.15) is 29.8 Å². The number of amides is 1. The van der Waals surface area contributed by atoms with E-state index in [9.17, 15) is 19.7 Å². The molecule has 2 aromatic carbocycles. The number of hydrogen-bond donors (Lipinski definition) is 0. The first kappa shape index (κ1) is 19.1. The van der Waals surface area contributed by atoms with Crippen molar-refractivity contribution in [2.75, 3.05) is 11.4 Å². The molecule has 0 heterocycles. The van der Waals surface area contributed by atoms with Gasteiger partial charge in [0.05, 0.1) is 10.5 Å². The molecule has 0 aliphatic heterocycles. The fourth-order valence-corrected chi connectivity index (χ4v) is 2.61. The quantitative estimate of drug-likeness (QED) is 0.449. The second kappa shape index (κ2) is 8.24. The van der Waals surface area contributed by atoms with E-state index < -0.39 is 17.0 Å². The minimum Gasteiger partial charge on any atom is -0.449 e. The zero-order valence-electron chi connectivity index (χ0n) is 14.8. The maximum absolute atomic E-state index is 12.6. The molecule has 0 saturated heterocycles. The van der Waals surface area contributed by atoms with Crippen LogP contribution in [-0.2, 0) is 9.53 Å². The number of carbonyl (C=O) groups is 2. The van der Waals surface area contributed by atoms with Crippen molar-refractivity contribution in [3.05, 3.63) is 69.8 Å². The maximum Gasteiger partial charge on any atom is 0.339 e. The van der Waals surface area contributed by atoms with Crippen LogP contribution in [0.4, 0.5) is 11.4 Å². The smallest absolute Gasteiger partial charge is 0.339 e. The lowest BCUT2D eigenvalue weighted by Crippen LogP contribution is -2.40. The summed E-state index contributed by atoms with van der Waals surface area (Å²) in [5.41, 5.74) is 0.812. The van der Waals surface area contributed by atoms with E-state index in [1.807, 2.05) is 25.1 Å². The molecule has 1 atom stereocenters. The Morgan fingerprint density at radius 1 is 1.15 bits per heavy atom. The minimum absolute atomic E-state index is 0.0709. The molecule has 1 amide bonds. The summed E-state index contributed by atoms with van der Waals surface area (Å²) < 4.78 is 5.27. The third kappa shape index (κ3) is 4.05. The Balaban J connectivity index is 2.17. The van der Waals surface area contributed by atoms with Gasteiger partial charge in [-0.1, -0.05) is 24.3 Å². The minimum atomic E-state index is -1.03. The summed E-state index contributed by atoms with van der Waals surface area (Å²) in [6.45, 7) is 5.20. The first-order valence-electron chi connectivity index (χ1n) is 8.18. The molecule has 0 N–H and O–H groups in total. The van der Waals surface area contributed by atoms with Crippen molar-refractivity contribution in [1.29, 1.82) is 0 Å². The van der Waals surface area contributed by atoms with Gasteiger partial charge in [-0.05, 0) is 39.0 Å². The molecule has 0 saturated carbocycles. The number of anilines is 1. The predicted molar refractivity (Wildman–Crippen MR) is 97.2 cm³/mol. The predicted octanol–water partition coefficient (Wildman–Crippen LogP) is 3.50. The molecule has 7 nitrogen and oxygen atoms in total. The molecule has 0 fully saturated rings. The molecule has 136 valence electrons. The number of para-hydroxylation sites is 1. The van der Waals surface area contributed by atoms with Crippen molar-refractivity contribution >= 4 is 23.3 Å². The zero-order valence-corrected chi connectivity index (χ0v) is 14.8. The second-order valence-electron chi connectivity index (χ2n) is 5.67. The first-order valence-corrected chi connectivity index (χ1v) is 8.18. The highest BCUT2D eigenvalue weighted by molar-refractivity contribution is 5.99. The van der Waals surface area contributed by atoms with Gasteiger partial charge in [0.1, 0.15) is 0 Å². The SMILES string of the molecule is CCN(C(=O)[C@H](C)OC(=O)c1cccc([N+](=O)[O-])c1C)c1ccccc1. The zero-order chi connectivity index (χ0) is 19.3. The number of nitrogens with zero attached hydrogens (tertiary/aromatic N) is 2. The van der Waals surface area contributed by atoms with Crippen LogP contribution in [0.5, 0.6) is 0 Å². The topological polar surface area (TPSA) is 89.8 Å². The molecule has 0 radical (unpaired) electrons. The molecule has 0 aliphatic rings. The summed E-state index contributed by atoms with van der Waals surface area (Å²) >= 11 is 0. The lowest BCUT2D eigenvalue weighted by Gasteiger charge is -2.24. The normalized spacial score (nSPS) is 11.5. The van der Waals surface area contributed by atoms with Crippen molar-refractivity contribution < 1.29 is 19.2 Å². The highest BCUT2D eigenvalue weighted by Crippen LogP contribution is 2.22. The summed E-state index contributed by atoms with van der Waals surface area (Å²) in [6.07, 6.45) is -1.03. The fraction of sp³-hybridized carbons (Fsp3) is 0.263. The van der Waals surface area contributed by atoms with E-state index in [2.05, 4.69) is 0 Å². The molecule has 0 unspecified atom stereocenters. The number of hydrogen-bond acceptors (Lipinski definition) is 5. The number of ether oxygens (including phenoxy) is 1. The van der Waals surface area contributed by atoms with Gasteiger partial charge in [0.25, 0.3) is 11.6 Å². The van der Waals surface area contributed by atoms with Crippen LogP contribution in [0.2, 0.25) is 0 Å². The largest absolute Gasteiger partial charge is 0.449 e. The van der Waals surface area contributed by atoms with Gasteiger partial charge < -0.3 is 9.64 Å². The van der Waals surface area contributed by atoms with E-state index >= 15 is 0 Å². The standard InChI is InChI=1S/C19H20N2O5/c1-4-20(15-9-6-5-7-10-15)18(22)14(3)26-19(23)16-11-8-12-17(13(16)2)21(24)25/h5-12,14H,4H2,1-3H3/t14-/m0/s1. The van der Waals surface area contributed by atoms with E-state index in [-0.39, 0.29) is 22.7 Å². The van der Waals surface area contributed by atoms with Gasteiger partial charge in [0, 0.05) is 23.9 Å². The summed E-state index contributed by atoms with van der Waals surface area (Å²) in [5, 5.41) is 11.0. The van der Waals surface area contributed by atoms with Gasteiger partial charge >= 0.3 is 5.97 Å². The molecule has 26 heavy (non-hydrogen) atoms. The van der Waals surface area contributed by atoms with Crippen LogP contribution >= 0.6 is 0 Å². The molecule has 2 aromatic rings. The fourth-order valence-electron chi connectivity index (χ4n) is 2.61. The molecule has 0 bridgehead atoms. The van der Waals surface area contributed by atoms with E-state index in [0.29, 0.717) is 12.2 Å². The Bertz CT molecular complexity index is 820. The number of carbonyl (C=O) groups excluding carboxylic acids is 2. The lowest BCUT2D eigenvalue weighted by atomic mass is 10.1. The Morgan fingerprint density at radius 2 is 1.81 bits per heavy atom. The number of rotatable bonds is 6. The van der Waals surface area contributed by atoms with Crippen LogP contribution in [0, 0.1) is 17.0 Å². The first-order chi connectivity index (χ1) is 12.4. The van der Waals surface area contributed by atoms with Gasteiger partial charge in [-0.15, -0.1) is 0 Å². The van der Waals surface area contributed by atoms with Gasteiger partial charge in [-0.2, -0.15) is 0 Å². The van der Waals surface area contributed by atoms with E-state index in [1.165, 1.54) is 36.9 Å². The Hall–Kier alpha value is -3.22. The summed E-state index contributed by atoms with van der Waals surface area (Å²) in [4.78, 5) is 37.0. The van der Waals surface area contributed by atoms with Gasteiger partial charge in [0.2, 0.25) is 0 Å². The van der Waals surface area contributed by atoms with Crippen molar-refractivity contribution in [2.45, 2.75) is 26.9 Å². The molecule has 7 heteroatoms. The van der Waals surface area contributed by atoms with Crippen LogP contribution in [-0.4, -0.2) is 29.4 Å². The highest BCUT2D eigenvalue weighted by atomic mass is 16.6. The highest BCUT2D eigenvalue weighted by Gasteiger charge is 2.26.